The highest BCUT2D eigenvalue weighted by Gasteiger charge is 2.26. The second-order valence-corrected chi connectivity index (χ2v) is 5.27. The van der Waals surface area contributed by atoms with E-state index in [1.54, 1.807) is 13.2 Å². The fraction of sp³-hybridized carbons (Fsp3) is 0.538. The standard InChI is InChI=1S/C13H17Cl2NO/c1-17-13-4-2-3-12(13)16-8-9-7-10(14)5-6-11(9)15/h5-7,12-13,16H,2-4,8H2,1H3. The zero-order valence-electron chi connectivity index (χ0n) is 9.88. The predicted octanol–water partition coefficient (Wildman–Crippen LogP) is 3.65. The van der Waals surface area contributed by atoms with E-state index in [-0.39, 0.29) is 0 Å². The Bertz CT molecular complexity index is 384. The molecule has 2 rings (SSSR count). The van der Waals surface area contributed by atoms with E-state index in [1.807, 2.05) is 12.1 Å². The van der Waals surface area contributed by atoms with Crippen LogP contribution in [-0.4, -0.2) is 19.3 Å². The first-order valence-electron chi connectivity index (χ1n) is 5.91. The van der Waals surface area contributed by atoms with E-state index in [0.29, 0.717) is 12.1 Å². The molecule has 0 spiro atoms. The molecule has 0 aliphatic heterocycles. The minimum atomic E-state index is 0.327. The summed E-state index contributed by atoms with van der Waals surface area (Å²) in [5.74, 6) is 0. The van der Waals surface area contributed by atoms with Gasteiger partial charge in [-0.1, -0.05) is 23.2 Å². The predicted molar refractivity (Wildman–Crippen MR) is 71.7 cm³/mol. The Morgan fingerprint density at radius 2 is 2.18 bits per heavy atom. The van der Waals surface area contributed by atoms with Crippen LogP contribution in [-0.2, 0) is 11.3 Å². The highest BCUT2D eigenvalue weighted by molar-refractivity contribution is 6.33. The molecule has 2 nitrogen and oxygen atoms in total. The van der Waals surface area contributed by atoms with Crippen LogP contribution in [0, 0.1) is 0 Å². The molecule has 1 aromatic carbocycles. The van der Waals surface area contributed by atoms with Gasteiger partial charge in [0.15, 0.2) is 0 Å². The van der Waals surface area contributed by atoms with E-state index in [0.717, 1.165) is 35.0 Å². The van der Waals surface area contributed by atoms with Crippen molar-refractivity contribution in [1.29, 1.82) is 0 Å². The van der Waals surface area contributed by atoms with Gasteiger partial charge in [0.2, 0.25) is 0 Å². The molecule has 94 valence electrons. The van der Waals surface area contributed by atoms with E-state index in [2.05, 4.69) is 5.32 Å². The molecule has 2 atom stereocenters. The van der Waals surface area contributed by atoms with Crippen molar-refractivity contribution >= 4 is 23.2 Å². The number of nitrogens with one attached hydrogen (secondary N) is 1. The summed E-state index contributed by atoms with van der Waals surface area (Å²) in [6, 6.07) is 5.98. The number of ether oxygens (including phenoxy) is 1. The number of hydrogen-bond donors (Lipinski definition) is 1. The van der Waals surface area contributed by atoms with Gasteiger partial charge in [-0.25, -0.2) is 0 Å². The van der Waals surface area contributed by atoms with Crippen LogP contribution in [0.5, 0.6) is 0 Å². The zero-order valence-corrected chi connectivity index (χ0v) is 11.4. The summed E-state index contributed by atoms with van der Waals surface area (Å²) < 4.78 is 5.44. The Kier molecular flexibility index (Phi) is 4.69. The maximum Gasteiger partial charge on any atom is 0.0724 e. The number of rotatable bonds is 4. The lowest BCUT2D eigenvalue weighted by molar-refractivity contribution is 0.0847. The molecule has 0 amide bonds. The van der Waals surface area contributed by atoms with E-state index >= 15 is 0 Å². The molecule has 1 aliphatic rings. The molecule has 2 unspecified atom stereocenters. The lowest BCUT2D eigenvalue weighted by atomic mass is 10.1. The summed E-state index contributed by atoms with van der Waals surface area (Å²) in [6.07, 6.45) is 3.85. The van der Waals surface area contributed by atoms with Crippen molar-refractivity contribution in [3.05, 3.63) is 33.8 Å². The number of halogens is 2. The molecule has 0 heterocycles. The van der Waals surface area contributed by atoms with Crippen LogP contribution in [0.4, 0.5) is 0 Å². The summed E-state index contributed by atoms with van der Waals surface area (Å²) in [6.45, 7) is 0.740. The third-order valence-corrected chi connectivity index (χ3v) is 3.92. The SMILES string of the molecule is COC1CCCC1NCc1cc(Cl)ccc1Cl. The first-order chi connectivity index (χ1) is 8.20. The quantitative estimate of drug-likeness (QED) is 0.904. The summed E-state index contributed by atoms with van der Waals surface area (Å²) in [4.78, 5) is 0. The molecule has 1 fully saturated rings. The molecule has 1 saturated carbocycles. The van der Waals surface area contributed by atoms with Gasteiger partial charge in [-0.2, -0.15) is 0 Å². The molecule has 1 N–H and O–H groups in total. The van der Waals surface area contributed by atoms with Gasteiger partial charge in [-0.05, 0) is 43.0 Å². The van der Waals surface area contributed by atoms with Crippen molar-refractivity contribution in [2.75, 3.05) is 7.11 Å². The highest BCUT2D eigenvalue weighted by atomic mass is 35.5. The van der Waals surface area contributed by atoms with Gasteiger partial charge >= 0.3 is 0 Å². The molecular weight excluding hydrogens is 257 g/mol. The van der Waals surface area contributed by atoms with E-state index in [4.69, 9.17) is 27.9 Å². The Labute approximate surface area is 112 Å². The largest absolute Gasteiger partial charge is 0.380 e. The maximum atomic E-state index is 6.12. The molecule has 1 aromatic rings. The summed E-state index contributed by atoms with van der Waals surface area (Å²) >= 11 is 12.1. The summed E-state index contributed by atoms with van der Waals surface area (Å²) in [5.41, 5.74) is 1.04. The Hall–Kier alpha value is -0.280. The topological polar surface area (TPSA) is 21.3 Å². The summed E-state index contributed by atoms with van der Waals surface area (Å²) in [5, 5.41) is 4.98. The third-order valence-electron chi connectivity index (χ3n) is 3.32. The molecule has 0 aromatic heterocycles. The van der Waals surface area contributed by atoms with Gasteiger partial charge < -0.3 is 10.1 Å². The van der Waals surface area contributed by atoms with Crippen LogP contribution in [0.25, 0.3) is 0 Å². The molecule has 0 saturated heterocycles. The Morgan fingerprint density at radius 1 is 1.35 bits per heavy atom. The molecular formula is C13H17Cl2NO. The monoisotopic (exact) mass is 273 g/mol. The lowest BCUT2D eigenvalue weighted by Gasteiger charge is -2.20. The minimum Gasteiger partial charge on any atom is -0.380 e. The smallest absolute Gasteiger partial charge is 0.0724 e. The van der Waals surface area contributed by atoms with Gasteiger partial charge in [0.25, 0.3) is 0 Å². The highest BCUT2D eigenvalue weighted by Crippen LogP contribution is 2.24. The average Bonchev–Trinajstić information content (AvgIpc) is 2.77. The molecule has 0 radical (unpaired) electrons. The second kappa shape index (κ2) is 6.05. The molecule has 17 heavy (non-hydrogen) atoms. The van der Waals surface area contributed by atoms with Crippen LogP contribution in [0.1, 0.15) is 24.8 Å². The second-order valence-electron chi connectivity index (χ2n) is 4.43. The fourth-order valence-corrected chi connectivity index (χ4v) is 2.74. The van der Waals surface area contributed by atoms with Gasteiger partial charge in [0, 0.05) is 29.7 Å². The molecule has 4 heteroatoms. The van der Waals surface area contributed by atoms with Crippen molar-refractivity contribution in [2.45, 2.75) is 38.0 Å². The first kappa shape index (κ1) is 13.2. The normalized spacial score (nSPS) is 24.2. The van der Waals surface area contributed by atoms with Crippen molar-refractivity contribution in [3.63, 3.8) is 0 Å². The molecule has 1 aliphatic carbocycles. The van der Waals surface area contributed by atoms with Crippen LogP contribution in [0.2, 0.25) is 10.0 Å². The van der Waals surface area contributed by atoms with E-state index < -0.39 is 0 Å². The van der Waals surface area contributed by atoms with Crippen molar-refractivity contribution < 1.29 is 4.74 Å². The Balaban J connectivity index is 1.95. The van der Waals surface area contributed by atoms with Gasteiger partial charge in [0.05, 0.1) is 6.10 Å². The minimum absolute atomic E-state index is 0.327. The summed E-state index contributed by atoms with van der Waals surface area (Å²) in [7, 11) is 1.77. The van der Waals surface area contributed by atoms with Crippen LogP contribution >= 0.6 is 23.2 Å². The van der Waals surface area contributed by atoms with E-state index in [9.17, 15) is 0 Å². The van der Waals surface area contributed by atoms with Gasteiger partial charge in [-0.15, -0.1) is 0 Å². The van der Waals surface area contributed by atoms with Gasteiger partial charge in [0.1, 0.15) is 0 Å². The number of benzene rings is 1. The first-order valence-corrected chi connectivity index (χ1v) is 6.66. The lowest BCUT2D eigenvalue weighted by Crippen LogP contribution is -2.36. The third kappa shape index (κ3) is 3.35. The van der Waals surface area contributed by atoms with E-state index in [1.165, 1.54) is 6.42 Å². The fourth-order valence-electron chi connectivity index (χ4n) is 2.36. The maximum absolute atomic E-state index is 6.12. The van der Waals surface area contributed by atoms with Crippen LogP contribution in [0.3, 0.4) is 0 Å². The number of hydrogen-bond acceptors (Lipinski definition) is 2. The average molecular weight is 274 g/mol. The zero-order chi connectivity index (χ0) is 12.3. The number of methoxy groups -OCH3 is 1. The van der Waals surface area contributed by atoms with Crippen LogP contribution < -0.4 is 5.32 Å². The van der Waals surface area contributed by atoms with Crippen LogP contribution in [0.15, 0.2) is 18.2 Å². The Morgan fingerprint density at radius 3 is 2.94 bits per heavy atom. The van der Waals surface area contributed by atoms with Gasteiger partial charge in [-0.3, -0.25) is 0 Å². The molecule has 0 bridgehead atoms. The van der Waals surface area contributed by atoms with Crippen molar-refractivity contribution in [2.24, 2.45) is 0 Å². The van der Waals surface area contributed by atoms with Crippen molar-refractivity contribution in [3.8, 4) is 0 Å². The van der Waals surface area contributed by atoms with Crippen molar-refractivity contribution in [1.82, 2.24) is 5.32 Å².